The Balaban J connectivity index is 2.14. The van der Waals surface area contributed by atoms with E-state index in [1.807, 2.05) is 6.20 Å². The summed E-state index contributed by atoms with van der Waals surface area (Å²) in [6, 6.07) is 4.55. The van der Waals surface area contributed by atoms with Crippen LogP contribution in [0, 0.1) is 5.82 Å². The highest BCUT2D eigenvalue weighted by Crippen LogP contribution is 2.21. The van der Waals surface area contributed by atoms with E-state index in [4.69, 9.17) is 5.73 Å². The van der Waals surface area contributed by atoms with Gasteiger partial charge in [0.15, 0.2) is 0 Å². The predicted octanol–water partition coefficient (Wildman–Crippen LogP) is 1.96. The first-order valence-electron chi connectivity index (χ1n) is 5.12. The molecule has 0 amide bonds. The van der Waals surface area contributed by atoms with E-state index in [0.717, 1.165) is 11.3 Å². The van der Waals surface area contributed by atoms with Crippen molar-refractivity contribution in [1.82, 2.24) is 15.0 Å². The predicted molar refractivity (Wildman–Crippen MR) is 65.7 cm³/mol. The second-order valence-corrected chi connectivity index (χ2v) is 4.72. The number of rotatable bonds is 3. The molecule has 0 saturated heterocycles. The van der Waals surface area contributed by atoms with Gasteiger partial charge in [0.2, 0.25) is 0 Å². The van der Waals surface area contributed by atoms with E-state index < -0.39 is 0 Å². The average Bonchev–Trinajstić information content (AvgIpc) is 2.68. The molecule has 0 saturated carbocycles. The van der Waals surface area contributed by atoms with Crippen molar-refractivity contribution in [3.63, 3.8) is 0 Å². The van der Waals surface area contributed by atoms with Crippen molar-refractivity contribution < 1.29 is 4.39 Å². The molecular weight excluding hydrogens is 287 g/mol. The fourth-order valence-corrected chi connectivity index (χ4v) is 1.97. The van der Waals surface area contributed by atoms with E-state index in [1.165, 1.54) is 6.07 Å². The maximum absolute atomic E-state index is 13.1. The van der Waals surface area contributed by atoms with Crippen LogP contribution < -0.4 is 5.73 Å². The van der Waals surface area contributed by atoms with Gasteiger partial charge in [-0.3, -0.25) is 4.68 Å². The Morgan fingerprint density at radius 2 is 2.29 bits per heavy atom. The third-order valence-electron chi connectivity index (χ3n) is 2.45. The van der Waals surface area contributed by atoms with Crippen LogP contribution in [0.15, 0.2) is 28.9 Å². The number of hydrogen-bond acceptors (Lipinski definition) is 3. The minimum Gasteiger partial charge on any atom is -0.324 e. The van der Waals surface area contributed by atoms with Crippen LogP contribution in [0.2, 0.25) is 0 Å². The molecule has 0 spiro atoms. The Morgan fingerprint density at radius 1 is 1.53 bits per heavy atom. The van der Waals surface area contributed by atoms with Crippen molar-refractivity contribution in [2.24, 2.45) is 12.8 Å². The van der Waals surface area contributed by atoms with Crippen LogP contribution in [0.3, 0.4) is 0 Å². The fraction of sp³-hybridized carbons (Fsp3) is 0.273. The molecule has 0 aliphatic heterocycles. The molecule has 2 N–H and O–H groups in total. The second kappa shape index (κ2) is 4.93. The van der Waals surface area contributed by atoms with Crippen LogP contribution in [0.4, 0.5) is 4.39 Å². The molecule has 6 heteroatoms. The minimum atomic E-state index is -0.291. The van der Waals surface area contributed by atoms with Crippen molar-refractivity contribution in [1.29, 1.82) is 0 Å². The highest BCUT2D eigenvalue weighted by molar-refractivity contribution is 9.10. The van der Waals surface area contributed by atoms with E-state index in [1.54, 1.807) is 23.9 Å². The SMILES string of the molecule is Cn1cc(CC(N)c2ccc(F)c(Br)c2)nn1. The highest BCUT2D eigenvalue weighted by atomic mass is 79.9. The Kier molecular flexibility index (Phi) is 3.54. The molecule has 0 aliphatic carbocycles. The van der Waals surface area contributed by atoms with Gasteiger partial charge in [-0.2, -0.15) is 0 Å². The van der Waals surface area contributed by atoms with E-state index in [9.17, 15) is 4.39 Å². The molecule has 17 heavy (non-hydrogen) atoms. The summed E-state index contributed by atoms with van der Waals surface area (Å²) < 4.78 is 15.1. The van der Waals surface area contributed by atoms with Crippen molar-refractivity contribution >= 4 is 15.9 Å². The molecule has 0 bridgehead atoms. The van der Waals surface area contributed by atoms with Crippen molar-refractivity contribution in [2.45, 2.75) is 12.5 Å². The van der Waals surface area contributed by atoms with Gasteiger partial charge in [0.05, 0.1) is 10.2 Å². The number of hydrogen-bond donors (Lipinski definition) is 1. The molecule has 1 aromatic carbocycles. The highest BCUT2D eigenvalue weighted by Gasteiger charge is 2.11. The zero-order valence-electron chi connectivity index (χ0n) is 9.27. The van der Waals surface area contributed by atoms with Gasteiger partial charge in [0.1, 0.15) is 5.82 Å². The summed E-state index contributed by atoms with van der Waals surface area (Å²) in [6.45, 7) is 0. The standard InChI is InChI=1S/C11H12BrFN4/c1-17-6-8(15-16-17)5-11(14)7-2-3-10(13)9(12)4-7/h2-4,6,11H,5,14H2,1H3. The van der Waals surface area contributed by atoms with Gasteiger partial charge in [0.25, 0.3) is 0 Å². The van der Waals surface area contributed by atoms with Gasteiger partial charge in [0, 0.05) is 25.7 Å². The third-order valence-corrected chi connectivity index (χ3v) is 3.06. The Morgan fingerprint density at radius 3 is 2.88 bits per heavy atom. The summed E-state index contributed by atoms with van der Waals surface area (Å²) >= 11 is 3.14. The number of nitrogens with zero attached hydrogens (tertiary/aromatic N) is 3. The lowest BCUT2D eigenvalue weighted by atomic mass is 10.0. The maximum Gasteiger partial charge on any atom is 0.137 e. The first kappa shape index (κ1) is 12.2. The van der Waals surface area contributed by atoms with Crippen LogP contribution in [-0.2, 0) is 13.5 Å². The van der Waals surface area contributed by atoms with Crippen LogP contribution in [0.1, 0.15) is 17.3 Å². The molecule has 1 atom stereocenters. The van der Waals surface area contributed by atoms with E-state index in [2.05, 4.69) is 26.2 Å². The van der Waals surface area contributed by atoms with Crippen LogP contribution in [0.5, 0.6) is 0 Å². The molecule has 2 rings (SSSR count). The quantitative estimate of drug-likeness (QED) is 0.942. The normalized spacial score (nSPS) is 12.7. The minimum absolute atomic E-state index is 0.219. The van der Waals surface area contributed by atoms with Gasteiger partial charge >= 0.3 is 0 Å². The number of benzene rings is 1. The lowest BCUT2D eigenvalue weighted by Crippen LogP contribution is -2.13. The molecule has 4 nitrogen and oxygen atoms in total. The number of aromatic nitrogens is 3. The fourth-order valence-electron chi connectivity index (χ4n) is 1.58. The third kappa shape index (κ3) is 2.89. The van der Waals surface area contributed by atoms with Crippen molar-refractivity contribution in [3.05, 3.63) is 45.9 Å². The van der Waals surface area contributed by atoms with E-state index >= 15 is 0 Å². The molecule has 0 fully saturated rings. The smallest absolute Gasteiger partial charge is 0.137 e. The van der Waals surface area contributed by atoms with Crippen LogP contribution in [-0.4, -0.2) is 15.0 Å². The lowest BCUT2D eigenvalue weighted by Gasteiger charge is -2.10. The summed E-state index contributed by atoms with van der Waals surface area (Å²) in [5.41, 5.74) is 7.72. The molecular formula is C11H12BrFN4. The van der Waals surface area contributed by atoms with Gasteiger partial charge in [-0.05, 0) is 33.6 Å². The number of nitrogens with two attached hydrogens (primary N) is 1. The second-order valence-electron chi connectivity index (χ2n) is 3.87. The Bertz CT molecular complexity index is 526. The summed E-state index contributed by atoms with van der Waals surface area (Å²) in [5.74, 6) is -0.291. The average molecular weight is 299 g/mol. The Hall–Kier alpha value is -1.27. The van der Waals surface area contributed by atoms with Crippen molar-refractivity contribution in [3.8, 4) is 0 Å². The largest absolute Gasteiger partial charge is 0.324 e. The van der Waals surface area contributed by atoms with Gasteiger partial charge in [-0.15, -0.1) is 5.10 Å². The van der Waals surface area contributed by atoms with Crippen LogP contribution >= 0.6 is 15.9 Å². The molecule has 1 aromatic heterocycles. The molecule has 0 aliphatic rings. The lowest BCUT2D eigenvalue weighted by molar-refractivity contribution is 0.617. The molecule has 90 valence electrons. The first-order chi connectivity index (χ1) is 8.06. The summed E-state index contributed by atoms with van der Waals surface area (Å²) in [5, 5.41) is 7.81. The summed E-state index contributed by atoms with van der Waals surface area (Å²) in [4.78, 5) is 0. The van der Waals surface area contributed by atoms with Crippen molar-refractivity contribution in [2.75, 3.05) is 0 Å². The van der Waals surface area contributed by atoms with Crippen LogP contribution in [0.25, 0.3) is 0 Å². The van der Waals surface area contributed by atoms with E-state index in [0.29, 0.717) is 10.9 Å². The maximum atomic E-state index is 13.1. The van der Waals surface area contributed by atoms with Gasteiger partial charge < -0.3 is 5.73 Å². The number of aryl methyl sites for hydroxylation is 1. The summed E-state index contributed by atoms with van der Waals surface area (Å²) in [7, 11) is 1.80. The van der Waals surface area contributed by atoms with Gasteiger partial charge in [-0.1, -0.05) is 11.3 Å². The summed E-state index contributed by atoms with van der Waals surface area (Å²) in [6.07, 6.45) is 2.39. The van der Waals surface area contributed by atoms with Gasteiger partial charge in [-0.25, -0.2) is 4.39 Å². The zero-order chi connectivity index (χ0) is 12.4. The monoisotopic (exact) mass is 298 g/mol. The zero-order valence-corrected chi connectivity index (χ0v) is 10.9. The Labute approximate surface area is 107 Å². The first-order valence-corrected chi connectivity index (χ1v) is 5.91. The molecule has 2 aromatic rings. The topological polar surface area (TPSA) is 56.7 Å². The molecule has 1 unspecified atom stereocenters. The molecule has 1 heterocycles. The molecule has 0 radical (unpaired) electrons. The number of halogens is 2. The van der Waals surface area contributed by atoms with E-state index in [-0.39, 0.29) is 11.9 Å².